The highest BCUT2D eigenvalue weighted by molar-refractivity contribution is 6.08. The molecule has 0 saturated carbocycles. The van der Waals surface area contributed by atoms with Gasteiger partial charge in [0.05, 0.1) is 17.8 Å². The molecule has 1 N–H and O–H groups in total. The second-order valence-corrected chi connectivity index (χ2v) is 7.81. The molecule has 0 radical (unpaired) electrons. The number of benzene rings is 2. The highest BCUT2D eigenvalue weighted by Gasteiger charge is 2.27. The molecule has 0 fully saturated rings. The summed E-state index contributed by atoms with van der Waals surface area (Å²) in [6.07, 6.45) is 5.28. The molecule has 3 heterocycles. The number of hydrogen-bond donors (Lipinski definition) is 1. The molecule has 2 aromatic heterocycles. The monoisotopic (exact) mass is 443 g/mol. The number of anilines is 2. The van der Waals surface area contributed by atoms with Gasteiger partial charge in [0.2, 0.25) is 0 Å². The maximum absolute atomic E-state index is 14.7. The number of aromatic nitrogens is 3. The highest BCUT2D eigenvalue weighted by Crippen LogP contribution is 2.40. The van der Waals surface area contributed by atoms with Crippen LogP contribution in [0.4, 0.5) is 15.9 Å². The number of rotatable bonds is 5. The molecule has 0 atom stereocenters. The van der Waals surface area contributed by atoms with E-state index in [0.717, 1.165) is 11.3 Å². The molecule has 0 bridgehead atoms. The van der Waals surface area contributed by atoms with Gasteiger partial charge in [-0.2, -0.15) is 5.10 Å². The van der Waals surface area contributed by atoms with E-state index in [4.69, 9.17) is 4.74 Å². The van der Waals surface area contributed by atoms with Crippen LogP contribution >= 0.6 is 0 Å². The zero-order chi connectivity index (χ0) is 22.8. The molecule has 1 aliphatic rings. The second-order valence-electron chi connectivity index (χ2n) is 7.81. The van der Waals surface area contributed by atoms with Gasteiger partial charge in [0.25, 0.3) is 5.91 Å². The third kappa shape index (κ3) is 4.27. The van der Waals surface area contributed by atoms with Gasteiger partial charge in [-0.05, 0) is 35.4 Å². The van der Waals surface area contributed by atoms with Gasteiger partial charge in [-0.25, -0.2) is 4.39 Å². The number of nitrogens with zero attached hydrogens (tertiary/aromatic N) is 4. The Balaban J connectivity index is 1.60. The normalized spacial score (nSPS) is 12.7. The fraction of sp³-hybridized carbons (Fsp3) is 0.160. The summed E-state index contributed by atoms with van der Waals surface area (Å²) < 4.78 is 22.2. The first-order valence-electron chi connectivity index (χ1n) is 10.6. The van der Waals surface area contributed by atoms with Crippen LogP contribution in [-0.2, 0) is 13.6 Å². The molecular weight excluding hydrogens is 421 g/mol. The molecule has 0 spiro atoms. The second kappa shape index (κ2) is 8.74. The minimum Gasteiger partial charge on any atom is -0.489 e. The minimum absolute atomic E-state index is 0.326. The van der Waals surface area contributed by atoms with Crippen molar-refractivity contribution in [1.82, 2.24) is 14.8 Å². The van der Waals surface area contributed by atoms with Crippen LogP contribution in [0.5, 0.6) is 5.75 Å². The number of ether oxygens (including phenoxy) is 1. The lowest BCUT2D eigenvalue weighted by molar-refractivity contribution is 0.102. The van der Waals surface area contributed by atoms with Crippen LogP contribution in [0.3, 0.4) is 0 Å². The van der Waals surface area contributed by atoms with Crippen molar-refractivity contribution in [2.75, 3.05) is 23.4 Å². The van der Waals surface area contributed by atoms with Crippen molar-refractivity contribution in [3.8, 4) is 16.9 Å². The van der Waals surface area contributed by atoms with E-state index in [0.29, 0.717) is 48.0 Å². The Labute approximate surface area is 190 Å². The quantitative estimate of drug-likeness (QED) is 0.499. The molecule has 0 aliphatic carbocycles. The van der Waals surface area contributed by atoms with Crippen molar-refractivity contribution in [2.24, 2.45) is 7.05 Å². The van der Waals surface area contributed by atoms with Crippen molar-refractivity contribution < 1.29 is 13.9 Å². The van der Waals surface area contributed by atoms with Gasteiger partial charge in [-0.1, -0.05) is 24.3 Å². The third-order valence-electron chi connectivity index (χ3n) is 5.50. The summed E-state index contributed by atoms with van der Waals surface area (Å²) in [5.41, 5.74) is 3.10. The van der Waals surface area contributed by atoms with Gasteiger partial charge >= 0.3 is 0 Å². The number of nitrogens with one attached hydrogen (secondary N) is 1. The number of aryl methyl sites for hydroxylation is 1. The van der Waals surface area contributed by atoms with E-state index in [1.807, 2.05) is 24.4 Å². The first-order valence-corrected chi connectivity index (χ1v) is 10.6. The lowest BCUT2D eigenvalue weighted by Crippen LogP contribution is -2.33. The predicted molar refractivity (Wildman–Crippen MR) is 124 cm³/mol. The molecular formula is C25H22FN5O2. The van der Waals surface area contributed by atoms with E-state index in [9.17, 15) is 9.18 Å². The average molecular weight is 443 g/mol. The molecule has 5 rings (SSSR count). The Bertz CT molecular complexity index is 1310. The first kappa shape index (κ1) is 20.7. The predicted octanol–water partition coefficient (Wildman–Crippen LogP) is 4.27. The number of carbonyl (C=O) groups excluding carboxylic acids is 1. The summed E-state index contributed by atoms with van der Waals surface area (Å²) in [4.78, 5) is 19.6. The van der Waals surface area contributed by atoms with Gasteiger partial charge < -0.3 is 15.0 Å². The fourth-order valence-electron chi connectivity index (χ4n) is 3.94. The van der Waals surface area contributed by atoms with Crippen LogP contribution in [0.25, 0.3) is 11.1 Å². The zero-order valence-corrected chi connectivity index (χ0v) is 18.0. The maximum Gasteiger partial charge on any atom is 0.260 e. The number of amides is 1. The molecule has 1 amide bonds. The maximum atomic E-state index is 14.7. The molecule has 4 aromatic rings. The Morgan fingerprint density at radius 2 is 2.06 bits per heavy atom. The lowest BCUT2D eigenvalue weighted by Gasteiger charge is -2.33. The average Bonchev–Trinajstić information content (AvgIpc) is 3.24. The summed E-state index contributed by atoms with van der Waals surface area (Å²) in [6.45, 7) is 1.65. The van der Waals surface area contributed by atoms with Crippen LogP contribution in [0.15, 0.2) is 73.2 Å². The van der Waals surface area contributed by atoms with Gasteiger partial charge in [0, 0.05) is 43.8 Å². The highest BCUT2D eigenvalue weighted by atomic mass is 19.1. The molecule has 0 unspecified atom stereocenters. The van der Waals surface area contributed by atoms with Crippen LogP contribution in [-0.4, -0.2) is 33.8 Å². The number of carbonyl (C=O) groups is 1. The van der Waals surface area contributed by atoms with Gasteiger partial charge in [0.15, 0.2) is 11.6 Å². The standard InChI is InChI=1S/C25H22FN5O2/c1-30-10-8-23(29-30)28-25(32)20-13-18(19-6-2-3-7-21(19)26)14-22-24(20)33-12-11-31(22)16-17-5-4-9-27-15-17/h2-10,13-15H,11-12,16H2,1H3,(H,28,29,32). The van der Waals surface area contributed by atoms with Gasteiger partial charge in [-0.3, -0.25) is 14.5 Å². The van der Waals surface area contributed by atoms with Crippen LogP contribution in [0.1, 0.15) is 15.9 Å². The summed E-state index contributed by atoms with van der Waals surface area (Å²) in [6, 6.07) is 15.7. The third-order valence-corrected chi connectivity index (χ3v) is 5.50. The zero-order valence-electron chi connectivity index (χ0n) is 18.0. The number of fused-ring (bicyclic) bond motifs is 1. The Kier molecular flexibility index (Phi) is 5.48. The van der Waals surface area contributed by atoms with E-state index in [1.54, 1.807) is 54.5 Å². The largest absolute Gasteiger partial charge is 0.489 e. The number of hydrogen-bond acceptors (Lipinski definition) is 5. The van der Waals surface area contributed by atoms with Crippen molar-refractivity contribution in [3.05, 3.63) is 90.1 Å². The Hall–Kier alpha value is -4.20. The van der Waals surface area contributed by atoms with Crippen LogP contribution in [0, 0.1) is 5.82 Å². The SMILES string of the molecule is Cn1ccc(NC(=O)c2cc(-c3ccccc3F)cc3c2OCCN3Cc2cccnc2)n1. The Morgan fingerprint density at radius 1 is 1.18 bits per heavy atom. The van der Waals surface area contributed by atoms with E-state index in [1.165, 1.54) is 6.07 Å². The summed E-state index contributed by atoms with van der Waals surface area (Å²) in [7, 11) is 1.77. The lowest BCUT2D eigenvalue weighted by atomic mass is 9.98. The van der Waals surface area contributed by atoms with Gasteiger partial charge in [0.1, 0.15) is 12.4 Å². The number of pyridine rings is 1. The van der Waals surface area contributed by atoms with E-state index < -0.39 is 0 Å². The van der Waals surface area contributed by atoms with Crippen LogP contribution in [0.2, 0.25) is 0 Å². The molecule has 0 saturated heterocycles. The van der Waals surface area contributed by atoms with E-state index in [-0.39, 0.29) is 11.7 Å². The van der Waals surface area contributed by atoms with Crippen LogP contribution < -0.4 is 15.0 Å². The minimum atomic E-state index is -0.369. The number of halogens is 1. The molecule has 166 valence electrons. The molecule has 33 heavy (non-hydrogen) atoms. The summed E-state index contributed by atoms with van der Waals surface area (Å²) >= 11 is 0. The molecule has 7 nitrogen and oxygen atoms in total. The Morgan fingerprint density at radius 3 is 2.82 bits per heavy atom. The molecule has 2 aromatic carbocycles. The van der Waals surface area contributed by atoms with Gasteiger partial charge in [-0.15, -0.1) is 0 Å². The van der Waals surface area contributed by atoms with E-state index in [2.05, 4.69) is 20.3 Å². The summed E-state index contributed by atoms with van der Waals surface area (Å²) in [5.74, 6) is 0.171. The van der Waals surface area contributed by atoms with Crippen molar-refractivity contribution >= 4 is 17.4 Å². The molecule has 8 heteroatoms. The molecule has 1 aliphatic heterocycles. The van der Waals surface area contributed by atoms with E-state index >= 15 is 0 Å². The van der Waals surface area contributed by atoms with Crippen molar-refractivity contribution in [3.63, 3.8) is 0 Å². The smallest absolute Gasteiger partial charge is 0.260 e. The topological polar surface area (TPSA) is 72.3 Å². The van der Waals surface area contributed by atoms with Crippen molar-refractivity contribution in [1.29, 1.82) is 0 Å². The summed E-state index contributed by atoms with van der Waals surface area (Å²) in [5, 5.41) is 7.03. The first-order chi connectivity index (χ1) is 16.1. The van der Waals surface area contributed by atoms with Crippen molar-refractivity contribution in [2.45, 2.75) is 6.54 Å². The fourth-order valence-corrected chi connectivity index (χ4v) is 3.94.